The maximum Gasteiger partial charge on any atom is 0.138 e. The van der Waals surface area contributed by atoms with Gasteiger partial charge in [-0.3, -0.25) is 4.79 Å². The third kappa shape index (κ3) is 3.25. The maximum absolute atomic E-state index is 12.8. The van der Waals surface area contributed by atoms with Crippen LogP contribution in [0.25, 0.3) is 0 Å². The molecule has 3 fully saturated rings. The summed E-state index contributed by atoms with van der Waals surface area (Å²) in [5.41, 5.74) is 3.27. The first-order chi connectivity index (χ1) is 14.8. The van der Waals surface area contributed by atoms with Crippen LogP contribution >= 0.6 is 0 Å². The van der Waals surface area contributed by atoms with Crippen LogP contribution in [0.1, 0.15) is 107 Å². The number of Topliss-reactive ketones (excluding diaryl/α,β-unsaturated/α-hetero) is 1. The van der Waals surface area contributed by atoms with E-state index in [1.54, 1.807) is 5.57 Å². The van der Waals surface area contributed by atoms with Gasteiger partial charge in [0.2, 0.25) is 0 Å². The van der Waals surface area contributed by atoms with Crippen molar-refractivity contribution in [3.8, 4) is 0 Å². The largest absolute Gasteiger partial charge is 0.393 e. The lowest BCUT2D eigenvalue weighted by molar-refractivity contribution is -0.146. The van der Waals surface area contributed by atoms with Gasteiger partial charge in [-0.25, -0.2) is 0 Å². The molecule has 0 heterocycles. The van der Waals surface area contributed by atoms with E-state index in [0.717, 1.165) is 38.5 Å². The highest BCUT2D eigenvalue weighted by molar-refractivity contribution is 5.85. The third-order valence-corrected chi connectivity index (χ3v) is 11.4. The second-order valence-corrected chi connectivity index (χ2v) is 13.6. The van der Waals surface area contributed by atoms with Crippen molar-refractivity contribution in [2.45, 2.75) is 113 Å². The van der Waals surface area contributed by atoms with Gasteiger partial charge >= 0.3 is 0 Å². The van der Waals surface area contributed by atoms with Gasteiger partial charge in [0, 0.05) is 11.8 Å². The molecule has 8 atom stereocenters. The van der Waals surface area contributed by atoms with Crippen molar-refractivity contribution in [1.29, 1.82) is 0 Å². The van der Waals surface area contributed by atoms with Crippen molar-refractivity contribution in [2.75, 3.05) is 0 Å². The maximum atomic E-state index is 12.8. The first kappa shape index (κ1) is 24.2. The fourth-order valence-electron chi connectivity index (χ4n) is 9.44. The summed E-state index contributed by atoms with van der Waals surface area (Å²) in [6.07, 6.45) is 13.1. The summed E-state index contributed by atoms with van der Waals surface area (Å²) in [7, 11) is 0. The van der Waals surface area contributed by atoms with Gasteiger partial charge in [-0.2, -0.15) is 0 Å². The number of carbonyl (C=O) groups excluding carboxylic acids is 1. The Morgan fingerprint density at radius 3 is 2.53 bits per heavy atom. The first-order valence-corrected chi connectivity index (χ1v) is 13.3. The van der Waals surface area contributed by atoms with Crippen LogP contribution in [0.3, 0.4) is 0 Å². The lowest BCUT2D eigenvalue weighted by Gasteiger charge is -2.63. The summed E-state index contributed by atoms with van der Waals surface area (Å²) in [6, 6.07) is 0. The van der Waals surface area contributed by atoms with Crippen molar-refractivity contribution in [3.05, 3.63) is 23.3 Å². The minimum absolute atomic E-state index is 0.0738. The van der Waals surface area contributed by atoms with Gasteiger partial charge in [-0.15, -0.1) is 0 Å². The summed E-state index contributed by atoms with van der Waals surface area (Å²) in [6.45, 7) is 18.6. The molecule has 32 heavy (non-hydrogen) atoms. The van der Waals surface area contributed by atoms with Crippen LogP contribution < -0.4 is 0 Å². The molecule has 0 bridgehead atoms. The fraction of sp³-hybridized carbons (Fsp3) is 0.833. The molecule has 0 saturated heterocycles. The Morgan fingerprint density at radius 2 is 1.88 bits per heavy atom. The SMILES string of the molecule is CC(C)=CCCC(C)C1[C@@H](O)C[C@]2(C)C3=CCC4C(C)(C)C(=O)CC[C@]4(C)C3CCC12C. The van der Waals surface area contributed by atoms with Crippen LogP contribution in [-0.4, -0.2) is 17.0 Å². The molecule has 4 rings (SSSR count). The number of rotatable bonds is 4. The van der Waals surface area contributed by atoms with Gasteiger partial charge in [-0.05, 0) is 98.7 Å². The van der Waals surface area contributed by atoms with Gasteiger partial charge in [0.15, 0.2) is 0 Å². The van der Waals surface area contributed by atoms with E-state index in [2.05, 4.69) is 67.5 Å². The number of hydrogen-bond acceptors (Lipinski definition) is 2. The van der Waals surface area contributed by atoms with Crippen LogP contribution in [0.2, 0.25) is 0 Å². The average molecular weight is 441 g/mol. The number of allylic oxidation sites excluding steroid dienone is 4. The molecule has 5 unspecified atom stereocenters. The average Bonchev–Trinajstić information content (AvgIpc) is 2.90. The minimum Gasteiger partial charge on any atom is -0.393 e. The molecular formula is C30H48O2. The summed E-state index contributed by atoms with van der Waals surface area (Å²) in [5, 5.41) is 11.4. The Bertz CT molecular complexity index is 830. The summed E-state index contributed by atoms with van der Waals surface area (Å²) < 4.78 is 0. The molecule has 2 heteroatoms. The Labute approximate surface area is 197 Å². The van der Waals surface area contributed by atoms with E-state index in [0.29, 0.717) is 29.5 Å². The molecule has 0 aromatic heterocycles. The van der Waals surface area contributed by atoms with E-state index < -0.39 is 0 Å². The van der Waals surface area contributed by atoms with Crippen molar-refractivity contribution in [3.63, 3.8) is 0 Å². The molecule has 0 amide bonds. The van der Waals surface area contributed by atoms with E-state index in [1.807, 2.05) is 0 Å². The lowest BCUT2D eigenvalue weighted by Crippen LogP contribution is -2.57. The highest BCUT2D eigenvalue weighted by atomic mass is 16.3. The third-order valence-electron chi connectivity index (χ3n) is 11.4. The number of carbonyl (C=O) groups is 1. The molecule has 3 saturated carbocycles. The standard InChI is InChI=1S/C30H48O2/c1-19(2)10-9-11-20(3)26-23(31)18-30(8)22-12-13-24-27(4,5)25(32)15-16-28(24,6)21(22)14-17-29(26,30)7/h10,12,20-21,23-24,26,31H,9,11,13-18H2,1-8H3/t20?,21?,23-,24?,26?,28+,29?,30+/m0/s1. The van der Waals surface area contributed by atoms with Crippen LogP contribution in [0.5, 0.6) is 0 Å². The van der Waals surface area contributed by atoms with Crippen molar-refractivity contribution in [2.24, 2.45) is 45.3 Å². The van der Waals surface area contributed by atoms with E-state index in [1.165, 1.54) is 18.4 Å². The van der Waals surface area contributed by atoms with Crippen molar-refractivity contribution < 1.29 is 9.90 Å². The molecule has 0 aromatic carbocycles. The molecule has 180 valence electrons. The zero-order chi connectivity index (χ0) is 23.7. The molecule has 4 aliphatic carbocycles. The zero-order valence-electron chi connectivity index (χ0n) is 22.1. The van der Waals surface area contributed by atoms with Crippen LogP contribution in [0.15, 0.2) is 23.3 Å². The molecule has 1 N–H and O–H groups in total. The number of fused-ring (bicyclic) bond motifs is 5. The summed E-state index contributed by atoms with van der Waals surface area (Å²) in [5.74, 6) is 2.38. The van der Waals surface area contributed by atoms with E-state index in [4.69, 9.17) is 0 Å². The number of aliphatic hydroxyl groups is 1. The predicted molar refractivity (Wildman–Crippen MR) is 133 cm³/mol. The quantitative estimate of drug-likeness (QED) is 0.459. The Balaban J connectivity index is 1.67. The molecule has 2 nitrogen and oxygen atoms in total. The fourth-order valence-corrected chi connectivity index (χ4v) is 9.44. The normalized spacial score (nSPS) is 45.9. The Kier molecular flexibility index (Phi) is 5.93. The van der Waals surface area contributed by atoms with Gasteiger partial charge in [0.25, 0.3) is 0 Å². The minimum atomic E-state index is -0.214. The highest BCUT2D eigenvalue weighted by Crippen LogP contribution is 2.73. The topological polar surface area (TPSA) is 37.3 Å². The summed E-state index contributed by atoms with van der Waals surface area (Å²) in [4.78, 5) is 12.8. The first-order valence-electron chi connectivity index (χ1n) is 13.3. The van der Waals surface area contributed by atoms with Gasteiger partial charge < -0.3 is 5.11 Å². The summed E-state index contributed by atoms with van der Waals surface area (Å²) >= 11 is 0. The number of ketones is 1. The number of hydrogen-bond donors (Lipinski definition) is 1. The molecule has 4 aliphatic rings. The molecule has 0 spiro atoms. The molecule has 0 aromatic rings. The zero-order valence-corrected chi connectivity index (χ0v) is 22.1. The van der Waals surface area contributed by atoms with Crippen LogP contribution in [0.4, 0.5) is 0 Å². The van der Waals surface area contributed by atoms with Gasteiger partial charge in [-0.1, -0.05) is 64.8 Å². The number of aliphatic hydroxyl groups excluding tert-OH is 1. The van der Waals surface area contributed by atoms with Crippen molar-refractivity contribution >= 4 is 5.78 Å². The smallest absolute Gasteiger partial charge is 0.138 e. The van der Waals surface area contributed by atoms with Gasteiger partial charge in [0.05, 0.1) is 6.10 Å². The monoisotopic (exact) mass is 440 g/mol. The lowest BCUT2D eigenvalue weighted by atomic mass is 9.41. The van der Waals surface area contributed by atoms with E-state index in [-0.39, 0.29) is 27.8 Å². The highest BCUT2D eigenvalue weighted by Gasteiger charge is 2.67. The second kappa shape index (κ2) is 7.82. The molecular weight excluding hydrogens is 392 g/mol. The Morgan fingerprint density at radius 1 is 1.19 bits per heavy atom. The van der Waals surface area contributed by atoms with Gasteiger partial charge in [0.1, 0.15) is 5.78 Å². The van der Waals surface area contributed by atoms with E-state index in [9.17, 15) is 9.90 Å². The van der Waals surface area contributed by atoms with E-state index >= 15 is 0 Å². The predicted octanol–water partition coefficient (Wildman–Crippen LogP) is 7.51. The van der Waals surface area contributed by atoms with Crippen LogP contribution in [-0.2, 0) is 4.79 Å². The van der Waals surface area contributed by atoms with Crippen LogP contribution in [0, 0.1) is 45.3 Å². The molecule has 0 radical (unpaired) electrons. The second-order valence-electron chi connectivity index (χ2n) is 13.6. The molecule has 0 aliphatic heterocycles. The Hall–Kier alpha value is -0.890. The van der Waals surface area contributed by atoms with Crippen molar-refractivity contribution in [1.82, 2.24) is 0 Å².